The van der Waals surface area contributed by atoms with Crippen molar-refractivity contribution in [3.05, 3.63) is 59.4 Å². The number of hydrogen-bond acceptors (Lipinski definition) is 4. The summed E-state index contributed by atoms with van der Waals surface area (Å²) < 4.78 is 43.3. The summed E-state index contributed by atoms with van der Waals surface area (Å²) in [5.74, 6) is -0.232. The summed E-state index contributed by atoms with van der Waals surface area (Å²) >= 11 is 0. The molecule has 0 bridgehead atoms. The number of anilines is 1. The summed E-state index contributed by atoms with van der Waals surface area (Å²) in [6.07, 6.45) is 0.654. The predicted octanol–water partition coefficient (Wildman–Crippen LogP) is 5.25. The normalized spacial score (nSPS) is 24.6. The first kappa shape index (κ1) is 26.1. The van der Waals surface area contributed by atoms with Crippen molar-refractivity contribution in [3.63, 3.8) is 0 Å². The van der Waals surface area contributed by atoms with Gasteiger partial charge in [0.15, 0.2) is 6.04 Å². The summed E-state index contributed by atoms with van der Waals surface area (Å²) in [5.41, 5.74) is 2.06. The van der Waals surface area contributed by atoms with Crippen LogP contribution in [0.25, 0.3) is 0 Å². The zero-order valence-corrected chi connectivity index (χ0v) is 22.4. The number of benzene rings is 1. The molecule has 0 radical (unpaired) electrons. The number of likely N-dealkylation sites (tertiary alicyclic amines) is 2. The molecule has 2 atom stereocenters. The number of halogens is 3. The Kier molecular flexibility index (Phi) is 6.19. The van der Waals surface area contributed by atoms with E-state index < -0.39 is 23.5 Å². The van der Waals surface area contributed by atoms with Gasteiger partial charge in [-0.2, -0.15) is 13.2 Å². The molecule has 6 rings (SSSR count). The molecule has 39 heavy (non-hydrogen) atoms. The van der Waals surface area contributed by atoms with E-state index in [-0.39, 0.29) is 35.5 Å². The number of hydrogen-bond donors (Lipinski definition) is 1. The minimum absolute atomic E-state index is 0.0375. The first-order chi connectivity index (χ1) is 18.5. The lowest BCUT2D eigenvalue weighted by atomic mass is 9.77. The Morgan fingerprint density at radius 2 is 1.74 bits per heavy atom. The molecule has 1 spiro atoms. The second-order valence-corrected chi connectivity index (χ2v) is 12.3. The van der Waals surface area contributed by atoms with E-state index in [9.17, 15) is 22.8 Å². The van der Waals surface area contributed by atoms with Crippen molar-refractivity contribution in [2.75, 3.05) is 25.0 Å². The smallest absolute Gasteiger partial charge is 0.380 e. The van der Waals surface area contributed by atoms with Gasteiger partial charge in [0.05, 0.1) is 23.0 Å². The van der Waals surface area contributed by atoms with Crippen LogP contribution in [0, 0.1) is 11.3 Å². The zero-order chi connectivity index (χ0) is 27.6. The molecule has 3 fully saturated rings. The van der Waals surface area contributed by atoms with Crippen LogP contribution in [0.2, 0.25) is 0 Å². The third-order valence-corrected chi connectivity index (χ3v) is 9.54. The first-order valence-electron chi connectivity index (χ1n) is 14.0. The van der Waals surface area contributed by atoms with E-state index in [4.69, 9.17) is 0 Å². The molecule has 1 aromatic carbocycles. The largest absolute Gasteiger partial charge is 0.414 e. The molecular formula is C30H35F3N4O2. The van der Waals surface area contributed by atoms with E-state index in [1.165, 1.54) is 23.4 Å². The lowest BCUT2D eigenvalue weighted by Gasteiger charge is -2.39. The van der Waals surface area contributed by atoms with Crippen LogP contribution in [0.15, 0.2) is 42.6 Å². The minimum Gasteiger partial charge on any atom is -0.380 e. The van der Waals surface area contributed by atoms with Crippen LogP contribution in [0.1, 0.15) is 68.8 Å². The molecule has 2 aromatic rings. The number of nitrogens with zero attached hydrogens (tertiary/aromatic N) is 3. The SMILES string of the molecule is CC1(C)c2ccccc2C[C@@H]1Nc1ccc([C@H](N2CCC3(CCN(C(=O)C4CC4)CC3)C2=O)C(F)(F)F)nc1. The Morgan fingerprint density at radius 1 is 1.05 bits per heavy atom. The van der Waals surface area contributed by atoms with Gasteiger partial charge in [-0.15, -0.1) is 0 Å². The maximum absolute atomic E-state index is 14.4. The van der Waals surface area contributed by atoms with E-state index in [2.05, 4.69) is 36.3 Å². The van der Waals surface area contributed by atoms with Crippen LogP contribution >= 0.6 is 0 Å². The van der Waals surface area contributed by atoms with Crippen LogP contribution < -0.4 is 5.32 Å². The highest BCUT2D eigenvalue weighted by Crippen LogP contribution is 2.48. The van der Waals surface area contributed by atoms with E-state index in [0.29, 0.717) is 38.0 Å². The second-order valence-electron chi connectivity index (χ2n) is 12.3. The Hall–Kier alpha value is -3.10. The molecule has 9 heteroatoms. The van der Waals surface area contributed by atoms with Gasteiger partial charge < -0.3 is 15.1 Å². The fourth-order valence-corrected chi connectivity index (χ4v) is 6.88. The Morgan fingerprint density at radius 3 is 2.36 bits per heavy atom. The molecule has 1 N–H and O–H groups in total. The Balaban J connectivity index is 1.16. The van der Waals surface area contributed by atoms with Crippen molar-refractivity contribution in [3.8, 4) is 0 Å². The Labute approximate surface area is 227 Å². The Bertz CT molecular complexity index is 1260. The highest BCUT2D eigenvalue weighted by molar-refractivity contribution is 5.86. The van der Waals surface area contributed by atoms with Gasteiger partial charge in [-0.3, -0.25) is 14.6 Å². The lowest BCUT2D eigenvalue weighted by Crippen LogP contribution is -2.48. The summed E-state index contributed by atoms with van der Waals surface area (Å²) in [5, 5.41) is 3.48. The van der Waals surface area contributed by atoms with Crippen LogP contribution in [-0.2, 0) is 21.4 Å². The standard InChI is InChI=1S/C30H35F3N4O2/c1-28(2)22-6-4-3-5-20(22)17-24(28)35-21-9-10-23(34-18-21)25(30(31,32)33)37-16-13-29(27(37)39)11-14-36(15-12-29)26(38)19-7-8-19/h3-6,9-10,18-19,24-25,35H,7-8,11-17H2,1-2H3/t24-,25-/m0/s1. The number of fused-ring (bicyclic) bond motifs is 1. The molecule has 2 aliphatic carbocycles. The third-order valence-electron chi connectivity index (χ3n) is 9.54. The van der Waals surface area contributed by atoms with Crippen molar-refractivity contribution < 1.29 is 22.8 Å². The molecule has 3 heterocycles. The fraction of sp³-hybridized carbons (Fsp3) is 0.567. The molecule has 4 aliphatic rings. The number of alkyl halides is 3. The summed E-state index contributed by atoms with van der Waals surface area (Å²) in [6.45, 7) is 5.24. The number of piperidine rings is 1. The van der Waals surface area contributed by atoms with Gasteiger partial charge in [-0.25, -0.2) is 0 Å². The molecule has 2 saturated heterocycles. The van der Waals surface area contributed by atoms with E-state index >= 15 is 0 Å². The number of pyridine rings is 1. The maximum Gasteiger partial charge on any atom is 0.414 e. The number of carbonyl (C=O) groups excluding carboxylic acids is 2. The molecule has 2 amide bonds. The molecule has 2 aliphatic heterocycles. The van der Waals surface area contributed by atoms with Crippen LogP contribution in [0.4, 0.5) is 18.9 Å². The van der Waals surface area contributed by atoms with Crippen molar-refractivity contribution >= 4 is 17.5 Å². The third kappa shape index (κ3) is 4.57. The van der Waals surface area contributed by atoms with E-state index in [1.54, 1.807) is 11.0 Å². The van der Waals surface area contributed by atoms with Gasteiger partial charge in [0, 0.05) is 37.0 Å². The zero-order valence-electron chi connectivity index (χ0n) is 22.4. The second kappa shape index (κ2) is 9.24. The van der Waals surface area contributed by atoms with E-state index in [1.807, 2.05) is 12.1 Å². The monoisotopic (exact) mass is 540 g/mol. The topological polar surface area (TPSA) is 65.5 Å². The van der Waals surface area contributed by atoms with Gasteiger partial charge >= 0.3 is 6.18 Å². The maximum atomic E-state index is 14.4. The highest BCUT2D eigenvalue weighted by atomic mass is 19.4. The van der Waals surface area contributed by atoms with E-state index in [0.717, 1.165) is 24.2 Å². The number of carbonyl (C=O) groups is 2. The molecule has 0 unspecified atom stereocenters. The van der Waals surface area contributed by atoms with Crippen LogP contribution in [-0.4, -0.2) is 58.5 Å². The van der Waals surface area contributed by atoms with Gasteiger partial charge in [-0.1, -0.05) is 38.1 Å². The number of rotatable bonds is 5. The minimum atomic E-state index is -4.65. The first-order valence-corrected chi connectivity index (χ1v) is 14.0. The van der Waals surface area contributed by atoms with Crippen molar-refractivity contribution in [1.82, 2.24) is 14.8 Å². The average Bonchev–Trinajstić information content (AvgIpc) is 3.67. The lowest BCUT2D eigenvalue weighted by molar-refractivity contribution is -0.192. The number of amides is 2. The molecule has 208 valence electrons. The van der Waals surface area contributed by atoms with Gasteiger partial charge in [0.2, 0.25) is 11.8 Å². The summed E-state index contributed by atoms with van der Waals surface area (Å²) in [4.78, 5) is 33.0. The average molecular weight is 541 g/mol. The summed E-state index contributed by atoms with van der Waals surface area (Å²) in [7, 11) is 0. The summed E-state index contributed by atoms with van der Waals surface area (Å²) in [6, 6.07) is 9.31. The number of aromatic nitrogens is 1. The van der Waals surface area contributed by atoms with Crippen LogP contribution in [0.5, 0.6) is 0 Å². The number of nitrogens with one attached hydrogen (secondary N) is 1. The van der Waals surface area contributed by atoms with Crippen molar-refractivity contribution in [2.24, 2.45) is 11.3 Å². The van der Waals surface area contributed by atoms with Crippen molar-refractivity contribution in [1.29, 1.82) is 0 Å². The van der Waals surface area contributed by atoms with Crippen molar-refractivity contribution in [2.45, 2.75) is 76.0 Å². The molecular weight excluding hydrogens is 505 g/mol. The van der Waals surface area contributed by atoms with Crippen LogP contribution in [0.3, 0.4) is 0 Å². The molecule has 6 nitrogen and oxygen atoms in total. The van der Waals surface area contributed by atoms with Gasteiger partial charge in [0.25, 0.3) is 0 Å². The molecule has 1 saturated carbocycles. The highest BCUT2D eigenvalue weighted by Gasteiger charge is 2.56. The quantitative estimate of drug-likeness (QED) is 0.563. The molecule has 1 aromatic heterocycles. The van der Waals surface area contributed by atoms with Gasteiger partial charge in [-0.05, 0) is 61.8 Å². The fourth-order valence-electron chi connectivity index (χ4n) is 6.88. The van der Waals surface area contributed by atoms with Gasteiger partial charge in [0.1, 0.15) is 0 Å². The predicted molar refractivity (Wildman–Crippen MR) is 141 cm³/mol.